The van der Waals surface area contributed by atoms with E-state index in [-0.39, 0.29) is 22.6 Å². The van der Waals surface area contributed by atoms with Crippen LogP contribution >= 0.6 is 0 Å². The van der Waals surface area contributed by atoms with Gasteiger partial charge in [0.15, 0.2) is 5.78 Å². The predicted molar refractivity (Wildman–Crippen MR) is 97.4 cm³/mol. The van der Waals surface area contributed by atoms with Crippen molar-refractivity contribution in [3.63, 3.8) is 0 Å². The van der Waals surface area contributed by atoms with Gasteiger partial charge in [0.05, 0.1) is 18.2 Å². The highest BCUT2D eigenvalue weighted by Crippen LogP contribution is 2.28. The smallest absolute Gasteiger partial charge is 0.200 e. The minimum Gasteiger partial charge on any atom is -0.507 e. The lowest BCUT2D eigenvalue weighted by Gasteiger charge is -2.07. The molecule has 0 amide bonds. The standard InChI is InChI=1S/C14H12O4.C7H8/c1-18-9-6-7-11(13(16)8-9)14(17)10-4-2-3-5-12(10)15;1-7-5-3-2-4-6-7/h2-8,15-16H,1H3;2-6H,1H3. The van der Waals surface area contributed by atoms with Crippen LogP contribution in [0.15, 0.2) is 72.8 Å². The molecule has 0 saturated carbocycles. The van der Waals surface area contributed by atoms with Gasteiger partial charge in [0.1, 0.15) is 17.2 Å². The van der Waals surface area contributed by atoms with Crippen LogP contribution in [0.4, 0.5) is 0 Å². The van der Waals surface area contributed by atoms with Crippen molar-refractivity contribution in [3.8, 4) is 17.2 Å². The van der Waals surface area contributed by atoms with E-state index in [2.05, 4.69) is 19.1 Å². The van der Waals surface area contributed by atoms with Crippen molar-refractivity contribution in [1.82, 2.24) is 0 Å². The molecule has 0 bridgehead atoms. The SMILES string of the molecule is COc1ccc(C(=O)c2ccccc2O)c(O)c1.Cc1ccccc1. The molecule has 3 aromatic rings. The lowest BCUT2D eigenvalue weighted by molar-refractivity contribution is 0.103. The number of ketones is 1. The van der Waals surface area contributed by atoms with Crippen LogP contribution in [0.5, 0.6) is 17.2 Å². The number of hydrogen-bond acceptors (Lipinski definition) is 4. The first-order chi connectivity index (χ1) is 12.0. The third-order valence-corrected chi connectivity index (χ3v) is 3.54. The van der Waals surface area contributed by atoms with E-state index >= 15 is 0 Å². The number of para-hydroxylation sites is 1. The van der Waals surface area contributed by atoms with Gasteiger partial charge in [0.2, 0.25) is 0 Å². The normalized spacial score (nSPS) is 9.68. The number of methoxy groups -OCH3 is 1. The number of ether oxygens (including phenoxy) is 1. The first kappa shape index (κ1) is 18.1. The molecule has 0 spiro atoms. The van der Waals surface area contributed by atoms with Crippen molar-refractivity contribution in [2.45, 2.75) is 6.92 Å². The minimum absolute atomic E-state index is 0.113. The molecule has 0 heterocycles. The Morgan fingerprint density at radius 2 is 1.40 bits per heavy atom. The number of phenols is 2. The van der Waals surface area contributed by atoms with Gasteiger partial charge in [-0.2, -0.15) is 0 Å². The maximum atomic E-state index is 12.1. The van der Waals surface area contributed by atoms with Crippen molar-refractivity contribution in [2.24, 2.45) is 0 Å². The highest BCUT2D eigenvalue weighted by atomic mass is 16.5. The molecular weight excluding hydrogens is 316 g/mol. The van der Waals surface area contributed by atoms with Gasteiger partial charge in [-0.3, -0.25) is 4.79 Å². The summed E-state index contributed by atoms with van der Waals surface area (Å²) < 4.78 is 4.94. The zero-order valence-electron chi connectivity index (χ0n) is 14.1. The van der Waals surface area contributed by atoms with Gasteiger partial charge in [-0.25, -0.2) is 0 Å². The zero-order valence-corrected chi connectivity index (χ0v) is 14.1. The van der Waals surface area contributed by atoms with E-state index in [1.165, 1.54) is 36.9 Å². The second-order valence-electron chi connectivity index (χ2n) is 5.38. The molecule has 0 aromatic heterocycles. The average Bonchev–Trinajstić information content (AvgIpc) is 2.62. The van der Waals surface area contributed by atoms with E-state index < -0.39 is 5.78 Å². The molecule has 0 atom stereocenters. The lowest BCUT2D eigenvalue weighted by Crippen LogP contribution is -2.02. The summed E-state index contributed by atoms with van der Waals surface area (Å²) in [7, 11) is 1.47. The molecule has 2 N–H and O–H groups in total. The summed E-state index contributed by atoms with van der Waals surface area (Å²) in [5, 5.41) is 19.4. The van der Waals surface area contributed by atoms with Crippen molar-refractivity contribution in [1.29, 1.82) is 0 Å². The van der Waals surface area contributed by atoms with E-state index in [0.717, 1.165) is 0 Å². The minimum atomic E-state index is -0.437. The molecule has 3 rings (SSSR count). The molecule has 3 aromatic carbocycles. The number of aromatic hydroxyl groups is 2. The number of hydrogen-bond donors (Lipinski definition) is 2. The van der Waals surface area contributed by atoms with Crippen molar-refractivity contribution >= 4 is 5.78 Å². The average molecular weight is 336 g/mol. The summed E-state index contributed by atoms with van der Waals surface area (Å²) in [6.07, 6.45) is 0. The fourth-order valence-electron chi connectivity index (χ4n) is 2.18. The van der Waals surface area contributed by atoms with Crippen molar-refractivity contribution in [2.75, 3.05) is 7.11 Å². The van der Waals surface area contributed by atoms with Gasteiger partial charge in [-0.05, 0) is 31.2 Å². The summed E-state index contributed by atoms with van der Waals surface area (Å²) in [6.45, 7) is 2.08. The van der Waals surface area contributed by atoms with Gasteiger partial charge in [0.25, 0.3) is 0 Å². The van der Waals surface area contributed by atoms with E-state index in [1.54, 1.807) is 18.2 Å². The Balaban J connectivity index is 0.000000269. The molecule has 0 saturated heterocycles. The number of rotatable bonds is 3. The van der Waals surface area contributed by atoms with Gasteiger partial charge < -0.3 is 14.9 Å². The Morgan fingerprint density at radius 3 is 1.92 bits per heavy atom. The topological polar surface area (TPSA) is 66.8 Å². The van der Waals surface area contributed by atoms with Gasteiger partial charge in [0, 0.05) is 6.07 Å². The molecule has 0 fully saturated rings. The van der Waals surface area contributed by atoms with Crippen LogP contribution in [0.2, 0.25) is 0 Å². The first-order valence-corrected chi connectivity index (χ1v) is 7.74. The maximum Gasteiger partial charge on any atom is 0.200 e. The number of benzene rings is 3. The van der Waals surface area contributed by atoms with Gasteiger partial charge in [-0.15, -0.1) is 0 Å². The summed E-state index contributed by atoms with van der Waals surface area (Å²) >= 11 is 0. The molecule has 4 nitrogen and oxygen atoms in total. The maximum absolute atomic E-state index is 12.1. The molecule has 4 heteroatoms. The van der Waals surface area contributed by atoms with Crippen LogP contribution in [0, 0.1) is 6.92 Å². The first-order valence-electron chi connectivity index (χ1n) is 7.74. The van der Waals surface area contributed by atoms with Crippen LogP contribution in [0.25, 0.3) is 0 Å². The lowest BCUT2D eigenvalue weighted by atomic mass is 10.0. The second-order valence-corrected chi connectivity index (χ2v) is 5.38. The molecular formula is C21H20O4. The number of phenolic OH excluding ortho intramolecular Hbond substituents is 2. The number of carbonyl (C=O) groups is 1. The summed E-state index contributed by atoms with van der Waals surface area (Å²) in [4.78, 5) is 12.1. The number of carbonyl (C=O) groups excluding carboxylic acids is 1. The third-order valence-electron chi connectivity index (χ3n) is 3.54. The quantitative estimate of drug-likeness (QED) is 0.699. The fraction of sp³-hybridized carbons (Fsp3) is 0.0952. The summed E-state index contributed by atoms with van der Waals surface area (Å²) in [5.41, 5.74) is 1.60. The largest absolute Gasteiger partial charge is 0.507 e. The van der Waals surface area contributed by atoms with Crippen molar-refractivity contribution < 1.29 is 19.7 Å². The Kier molecular flexibility index (Phi) is 6.18. The highest BCUT2D eigenvalue weighted by Gasteiger charge is 2.16. The highest BCUT2D eigenvalue weighted by molar-refractivity contribution is 6.12. The van der Waals surface area contributed by atoms with Crippen LogP contribution in [0.3, 0.4) is 0 Å². The van der Waals surface area contributed by atoms with Crippen LogP contribution in [-0.4, -0.2) is 23.1 Å². The Hall–Kier alpha value is -3.27. The van der Waals surface area contributed by atoms with Gasteiger partial charge >= 0.3 is 0 Å². The molecule has 25 heavy (non-hydrogen) atoms. The van der Waals surface area contributed by atoms with Crippen LogP contribution < -0.4 is 4.74 Å². The fourth-order valence-corrected chi connectivity index (χ4v) is 2.18. The van der Waals surface area contributed by atoms with Crippen LogP contribution in [0.1, 0.15) is 21.5 Å². The van der Waals surface area contributed by atoms with Gasteiger partial charge in [-0.1, -0.05) is 48.0 Å². The Morgan fingerprint density at radius 1 is 0.800 bits per heavy atom. The van der Waals surface area contributed by atoms with Crippen LogP contribution in [-0.2, 0) is 0 Å². The third kappa shape index (κ3) is 4.85. The zero-order chi connectivity index (χ0) is 18.2. The second kappa shape index (κ2) is 8.55. The van der Waals surface area contributed by atoms with E-state index in [1.807, 2.05) is 18.2 Å². The Labute approximate surface area is 147 Å². The molecule has 0 radical (unpaired) electrons. The monoisotopic (exact) mass is 336 g/mol. The van der Waals surface area contributed by atoms with E-state index in [9.17, 15) is 15.0 Å². The van der Waals surface area contributed by atoms with Crippen molar-refractivity contribution in [3.05, 3.63) is 89.5 Å². The molecule has 128 valence electrons. The number of aryl methyl sites for hydroxylation is 1. The molecule has 0 unspecified atom stereocenters. The summed E-state index contributed by atoms with van der Waals surface area (Å²) in [5.74, 6) is -0.269. The van der Waals surface area contributed by atoms with E-state index in [4.69, 9.17) is 4.74 Å². The predicted octanol–water partition coefficient (Wildman–Crippen LogP) is 4.33. The summed E-state index contributed by atoms with van der Waals surface area (Å²) in [6, 6.07) is 20.9. The Bertz CT molecular complexity index is 842. The van der Waals surface area contributed by atoms with E-state index in [0.29, 0.717) is 5.75 Å². The molecule has 0 aliphatic rings. The molecule has 0 aliphatic carbocycles. The molecule has 0 aliphatic heterocycles.